The Morgan fingerprint density at radius 2 is 2.37 bits per heavy atom. The molecule has 0 spiro atoms. The molecule has 1 N–H and O–H groups in total. The standard InChI is InChI=1S/C13H14N4OS/c1-9-14-4-5-17(9)7-10-6-12(19-8-10)11-2-3-13(18)16-15-11/h4-6,8H,2-3,7H2,1H3,(H,16,18). The highest BCUT2D eigenvalue weighted by atomic mass is 32.1. The van der Waals surface area contributed by atoms with Gasteiger partial charge in [-0.25, -0.2) is 10.4 Å². The molecule has 2 aromatic heterocycles. The quantitative estimate of drug-likeness (QED) is 0.929. The maximum Gasteiger partial charge on any atom is 0.240 e. The number of imidazole rings is 1. The number of nitrogens with zero attached hydrogens (tertiary/aromatic N) is 3. The van der Waals surface area contributed by atoms with Crippen molar-refractivity contribution in [2.75, 3.05) is 0 Å². The van der Waals surface area contributed by atoms with Crippen molar-refractivity contribution in [3.63, 3.8) is 0 Å². The normalized spacial score (nSPS) is 15.2. The Labute approximate surface area is 115 Å². The molecule has 0 radical (unpaired) electrons. The molecule has 3 heterocycles. The molecule has 0 saturated heterocycles. The molecule has 98 valence electrons. The Balaban J connectivity index is 1.77. The number of nitrogens with one attached hydrogen (secondary N) is 1. The Hall–Kier alpha value is -1.95. The van der Waals surface area contributed by atoms with Gasteiger partial charge in [-0.3, -0.25) is 4.79 Å². The van der Waals surface area contributed by atoms with Crippen molar-refractivity contribution in [2.45, 2.75) is 26.3 Å². The number of thiophene rings is 1. The fourth-order valence-electron chi connectivity index (χ4n) is 2.03. The summed E-state index contributed by atoms with van der Waals surface area (Å²) in [6.45, 7) is 2.82. The van der Waals surface area contributed by atoms with Gasteiger partial charge >= 0.3 is 0 Å². The fourth-order valence-corrected chi connectivity index (χ4v) is 2.95. The van der Waals surface area contributed by atoms with Crippen LogP contribution >= 0.6 is 11.3 Å². The van der Waals surface area contributed by atoms with Crippen molar-refractivity contribution in [1.29, 1.82) is 0 Å². The van der Waals surface area contributed by atoms with E-state index in [-0.39, 0.29) is 5.91 Å². The summed E-state index contributed by atoms with van der Waals surface area (Å²) in [6, 6.07) is 2.14. The zero-order chi connectivity index (χ0) is 13.2. The molecular formula is C13H14N4OS. The Morgan fingerprint density at radius 3 is 3.05 bits per heavy atom. The molecule has 0 aliphatic carbocycles. The second-order valence-electron chi connectivity index (χ2n) is 4.52. The Bertz CT molecular complexity index is 641. The van der Waals surface area contributed by atoms with E-state index in [0.717, 1.165) is 29.4 Å². The van der Waals surface area contributed by atoms with Gasteiger partial charge in [-0.05, 0) is 23.9 Å². The van der Waals surface area contributed by atoms with Crippen LogP contribution in [-0.2, 0) is 11.3 Å². The third kappa shape index (κ3) is 2.58. The average molecular weight is 274 g/mol. The van der Waals surface area contributed by atoms with Crippen molar-refractivity contribution >= 4 is 23.0 Å². The number of aryl methyl sites for hydroxylation is 1. The van der Waals surface area contributed by atoms with Crippen LogP contribution in [0.4, 0.5) is 0 Å². The smallest absolute Gasteiger partial charge is 0.240 e. The van der Waals surface area contributed by atoms with E-state index in [4.69, 9.17) is 0 Å². The number of hydrogen-bond acceptors (Lipinski definition) is 4. The Morgan fingerprint density at radius 1 is 1.47 bits per heavy atom. The summed E-state index contributed by atoms with van der Waals surface area (Å²) in [5.41, 5.74) is 4.74. The van der Waals surface area contributed by atoms with Crippen LogP contribution in [-0.4, -0.2) is 21.2 Å². The molecule has 0 unspecified atom stereocenters. The van der Waals surface area contributed by atoms with Crippen LogP contribution in [0.3, 0.4) is 0 Å². The topological polar surface area (TPSA) is 59.3 Å². The Kier molecular flexibility index (Phi) is 3.16. The SMILES string of the molecule is Cc1nccn1Cc1csc(C2=NNC(=O)CC2)c1. The maximum atomic E-state index is 11.1. The summed E-state index contributed by atoms with van der Waals surface area (Å²) in [7, 11) is 0. The van der Waals surface area contributed by atoms with Gasteiger partial charge in [-0.1, -0.05) is 0 Å². The molecule has 2 aromatic rings. The van der Waals surface area contributed by atoms with Gasteiger partial charge in [-0.2, -0.15) is 5.10 Å². The molecule has 0 saturated carbocycles. The van der Waals surface area contributed by atoms with E-state index in [0.29, 0.717) is 6.42 Å². The monoisotopic (exact) mass is 274 g/mol. The van der Waals surface area contributed by atoms with Crippen molar-refractivity contribution in [2.24, 2.45) is 5.10 Å². The van der Waals surface area contributed by atoms with E-state index in [1.54, 1.807) is 11.3 Å². The molecule has 5 nitrogen and oxygen atoms in total. The van der Waals surface area contributed by atoms with Gasteiger partial charge in [0.05, 0.1) is 10.6 Å². The summed E-state index contributed by atoms with van der Waals surface area (Å²) in [5.74, 6) is 1.00. The van der Waals surface area contributed by atoms with Gasteiger partial charge < -0.3 is 4.57 Å². The molecule has 1 aliphatic rings. The first-order valence-electron chi connectivity index (χ1n) is 6.13. The molecule has 0 atom stereocenters. The summed E-state index contributed by atoms with van der Waals surface area (Å²) in [4.78, 5) is 16.4. The van der Waals surface area contributed by atoms with E-state index >= 15 is 0 Å². The molecule has 0 bridgehead atoms. The maximum absolute atomic E-state index is 11.1. The second-order valence-corrected chi connectivity index (χ2v) is 5.43. The van der Waals surface area contributed by atoms with Gasteiger partial charge in [0, 0.05) is 31.8 Å². The second kappa shape index (κ2) is 4.97. The number of rotatable bonds is 3. The van der Waals surface area contributed by atoms with Crippen LogP contribution in [0.15, 0.2) is 28.9 Å². The predicted octanol–water partition coefficient (Wildman–Crippen LogP) is 1.92. The summed E-state index contributed by atoms with van der Waals surface area (Å²) < 4.78 is 2.11. The van der Waals surface area contributed by atoms with E-state index < -0.39 is 0 Å². The summed E-state index contributed by atoms with van der Waals surface area (Å²) >= 11 is 1.67. The molecule has 0 aromatic carbocycles. The van der Waals surface area contributed by atoms with E-state index in [2.05, 4.69) is 31.5 Å². The summed E-state index contributed by atoms with van der Waals surface area (Å²) in [5, 5.41) is 6.25. The molecule has 1 aliphatic heterocycles. The van der Waals surface area contributed by atoms with Gasteiger partial charge in [0.1, 0.15) is 5.82 Å². The molecule has 19 heavy (non-hydrogen) atoms. The zero-order valence-corrected chi connectivity index (χ0v) is 11.4. The van der Waals surface area contributed by atoms with Crippen molar-refractivity contribution < 1.29 is 4.79 Å². The van der Waals surface area contributed by atoms with Crippen LogP contribution in [0.1, 0.15) is 29.1 Å². The number of hydrazone groups is 1. The van der Waals surface area contributed by atoms with E-state index in [9.17, 15) is 4.79 Å². The van der Waals surface area contributed by atoms with Crippen molar-refractivity contribution in [1.82, 2.24) is 15.0 Å². The lowest BCUT2D eigenvalue weighted by Crippen LogP contribution is -2.25. The number of aromatic nitrogens is 2. The third-order valence-electron chi connectivity index (χ3n) is 3.12. The van der Waals surface area contributed by atoms with E-state index in [1.165, 1.54) is 5.56 Å². The van der Waals surface area contributed by atoms with Crippen molar-refractivity contribution in [3.8, 4) is 0 Å². The number of hydrogen-bond donors (Lipinski definition) is 1. The first-order valence-corrected chi connectivity index (χ1v) is 7.01. The first kappa shape index (κ1) is 12.1. The fraction of sp³-hybridized carbons (Fsp3) is 0.308. The van der Waals surface area contributed by atoms with Crippen LogP contribution in [0.25, 0.3) is 0 Å². The molecular weight excluding hydrogens is 260 g/mol. The minimum atomic E-state index is -0.00503. The number of amides is 1. The zero-order valence-electron chi connectivity index (χ0n) is 10.6. The molecule has 0 fully saturated rings. The molecule has 6 heteroatoms. The first-order chi connectivity index (χ1) is 9.22. The number of carbonyl (C=O) groups is 1. The van der Waals surface area contributed by atoms with Crippen molar-refractivity contribution in [3.05, 3.63) is 40.1 Å². The lowest BCUT2D eigenvalue weighted by atomic mass is 10.1. The van der Waals surface area contributed by atoms with Gasteiger partial charge in [0.2, 0.25) is 5.91 Å². The number of carbonyl (C=O) groups excluding carboxylic acids is 1. The minimum absolute atomic E-state index is 0.00503. The molecule has 3 rings (SSSR count). The molecule has 1 amide bonds. The largest absolute Gasteiger partial charge is 0.331 e. The van der Waals surface area contributed by atoms with Crippen LogP contribution in [0, 0.1) is 6.92 Å². The van der Waals surface area contributed by atoms with Gasteiger partial charge in [0.15, 0.2) is 0 Å². The highest BCUT2D eigenvalue weighted by Crippen LogP contribution is 2.20. The van der Waals surface area contributed by atoms with E-state index in [1.807, 2.05) is 19.3 Å². The lowest BCUT2D eigenvalue weighted by Gasteiger charge is -2.09. The lowest BCUT2D eigenvalue weighted by molar-refractivity contribution is -0.121. The van der Waals surface area contributed by atoms with Crippen LogP contribution in [0.5, 0.6) is 0 Å². The third-order valence-corrected chi connectivity index (χ3v) is 4.15. The highest BCUT2D eigenvalue weighted by Gasteiger charge is 2.15. The predicted molar refractivity (Wildman–Crippen MR) is 74.3 cm³/mol. The van der Waals surface area contributed by atoms with Crippen LogP contribution < -0.4 is 5.43 Å². The van der Waals surface area contributed by atoms with Gasteiger partial charge in [-0.15, -0.1) is 11.3 Å². The highest BCUT2D eigenvalue weighted by molar-refractivity contribution is 7.12. The minimum Gasteiger partial charge on any atom is -0.331 e. The average Bonchev–Trinajstić information content (AvgIpc) is 3.01. The van der Waals surface area contributed by atoms with Crippen LogP contribution in [0.2, 0.25) is 0 Å². The van der Waals surface area contributed by atoms with Gasteiger partial charge in [0.25, 0.3) is 0 Å². The summed E-state index contributed by atoms with van der Waals surface area (Å²) in [6.07, 6.45) is 5.02.